The van der Waals surface area contributed by atoms with E-state index >= 15 is 0 Å². The van der Waals surface area contributed by atoms with E-state index in [1.807, 2.05) is 26.8 Å². The maximum Gasteiger partial charge on any atom is 0.306 e. The Balaban J connectivity index is 1.79. The first-order chi connectivity index (χ1) is 16.9. The second kappa shape index (κ2) is 9.39. The molecule has 2 unspecified atom stereocenters. The van der Waals surface area contributed by atoms with Gasteiger partial charge in [-0.3, -0.25) is 19.2 Å². The lowest BCUT2D eigenvalue weighted by molar-refractivity contribution is -0.205. The van der Waals surface area contributed by atoms with Gasteiger partial charge in [-0.05, 0) is 43.3 Å². The number of hydrogen-bond donors (Lipinski definition) is 1. The molecule has 198 valence electrons. The number of carbonyl (C=O) groups is 4. The molecule has 0 spiro atoms. The van der Waals surface area contributed by atoms with Gasteiger partial charge < -0.3 is 14.6 Å². The second-order valence-corrected chi connectivity index (χ2v) is 12.0. The first-order valence-corrected chi connectivity index (χ1v) is 13.5. The summed E-state index contributed by atoms with van der Waals surface area (Å²) >= 11 is 7.04. The molecule has 9 atom stereocenters. The van der Waals surface area contributed by atoms with E-state index in [0.29, 0.717) is 12.8 Å². The van der Waals surface area contributed by atoms with Gasteiger partial charge in [0.15, 0.2) is 18.0 Å². The van der Waals surface area contributed by atoms with Crippen LogP contribution < -0.4 is 0 Å². The zero-order valence-corrected chi connectivity index (χ0v) is 22.5. The zero-order valence-electron chi connectivity index (χ0n) is 21.7. The van der Waals surface area contributed by atoms with Crippen LogP contribution in [0.2, 0.25) is 0 Å². The average molecular weight is 521 g/mol. The van der Waals surface area contributed by atoms with Crippen LogP contribution in [0.1, 0.15) is 66.7 Å². The number of alkyl halides is 1. The number of aliphatic hydroxyl groups excluding tert-OH is 1. The van der Waals surface area contributed by atoms with Crippen molar-refractivity contribution in [2.24, 2.45) is 34.5 Å². The standard InChI is InChI=1S/C28H37ClO7/c1-6-22(33)35-14-21(32)28(36-23(34)7-2)15(3)10-18-24-19(29)12-16-11-17(30)8-9-26(16,4)25(24)20(31)13-27(18,28)5/h8-9,11,15,18-20,24-25,31H,6-7,10,12-14H2,1-5H3/t15-,18+,19-,20?,24-,25?,26+,27+,28+/m1/s1. The van der Waals surface area contributed by atoms with Crippen molar-refractivity contribution in [1.82, 2.24) is 0 Å². The fourth-order valence-electron chi connectivity index (χ4n) is 8.04. The summed E-state index contributed by atoms with van der Waals surface area (Å²) in [5.74, 6) is -2.44. The van der Waals surface area contributed by atoms with E-state index < -0.39 is 46.9 Å². The number of rotatable bonds is 6. The molecule has 4 aliphatic carbocycles. The summed E-state index contributed by atoms with van der Waals surface area (Å²) in [6.45, 7) is 8.69. The minimum absolute atomic E-state index is 0.0767. The summed E-state index contributed by atoms with van der Waals surface area (Å²) in [7, 11) is 0. The molecule has 0 radical (unpaired) electrons. The van der Waals surface area contributed by atoms with Crippen LogP contribution in [0.25, 0.3) is 0 Å². The van der Waals surface area contributed by atoms with Gasteiger partial charge in [-0.1, -0.05) is 46.3 Å². The fraction of sp³-hybridized carbons (Fsp3) is 0.714. The van der Waals surface area contributed by atoms with Gasteiger partial charge in [0.05, 0.1) is 6.10 Å². The third-order valence-corrected chi connectivity index (χ3v) is 10.1. The Bertz CT molecular complexity index is 1030. The Labute approximate surface area is 217 Å². The molecule has 0 heterocycles. The Kier molecular flexibility index (Phi) is 7.06. The molecule has 0 aromatic rings. The Morgan fingerprint density at radius 2 is 1.83 bits per heavy atom. The summed E-state index contributed by atoms with van der Waals surface area (Å²) in [5.41, 5.74) is -2.06. The van der Waals surface area contributed by atoms with E-state index in [4.69, 9.17) is 21.1 Å². The van der Waals surface area contributed by atoms with Crippen molar-refractivity contribution >= 4 is 35.1 Å². The Morgan fingerprint density at radius 3 is 2.47 bits per heavy atom. The summed E-state index contributed by atoms with van der Waals surface area (Å²) in [6.07, 6.45) is 5.79. The van der Waals surface area contributed by atoms with E-state index in [-0.39, 0.29) is 54.1 Å². The van der Waals surface area contributed by atoms with Crippen molar-refractivity contribution < 1.29 is 33.8 Å². The molecule has 7 nitrogen and oxygen atoms in total. The molecule has 0 amide bonds. The van der Waals surface area contributed by atoms with Gasteiger partial charge in [0, 0.05) is 40.9 Å². The first kappa shape index (κ1) is 27.1. The average Bonchev–Trinajstić information content (AvgIpc) is 3.04. The van der Waals surface area contributed by atoms with Crippen molar-refractivity contribution in [3.63, 3.8) is 0 Å². The number of ketones is 2. The van der Waals surface area contributed by atoms with Crippen molar-refractivity contribution in [3.05, 3.63) is 23.8 Å². The molecule has 1 N–H and O–H groups in total. The molecule has 0 saturated heterocycles. The molecular formula is C28H37ClO7. The van der Waals surface area contributed by atoms with Crippen LogP contribution >= 0.6 is 11.6 Å². The summed E-state index contributed by atoms with van der Waals surface area (Å²) in [4.78, 5) is 50.5. The van der Waals surface area contributed by atoms with Gasteiger partial charge in [0.25, 0.3) is 0 Å². The monoisotopic (exact) mass is 520 g/mol. The highest BCUT2D eigenvalue weighted by Crippen LogP contribution is 2.69. The highest BCUT2D eigenvalue weighted by atomic mass is 35.5. The molecule has 36 heavy (non-hydrogen) atoms. The maximum atomic E-state index is 13.9. The highest BCUT2D eigenvalue weighted by molar-refractivity contribution is 6.21. The third kappa shape index (κ3) is 3.80. The summed E-state index contributed by atoms with van der Waals surface area (Å²) in [5, 5.41) is 11.4. The number of fused-ring (bicyclic) bond motifs is 5. The van der Waals surface area contributed by atoms with Crippen LogP contribution in [0, 0.1) is 34.5 Å². The van der Waals surface area contributed by atoms with Gasteiger partial charge in [0.1, 0.15) is 0 Å². The molecular weight excluding hydrogens is 484 g/mol. The molecule has 0 bridgehead atoms. The van der Waals surface area contributed by atoms with Crippen molar-refractivity contribution in [2.75, 3.05) is 6.61 Å². The number of carbonyl (C=O) groups excluding carboxylic acids is 4. The molecule has 0 aliphatic heterocycles. The van der Waals surface area contributed by atoms with E-state index in [0.717, 1.165) is 5.57 Å². The quantitative estimate of drug-likeness (QED) is 0.417. The molecule has 4 aliphatic rings. The van der Waals surface area contributed by atoms with E-state index in [1.54, 1.807) is 26.0 Å². The number of hydrogen-bond acceptors (Lipinski definition) is 7. The minimum atomic E-state index is -1.54. The van der Waals surface area contributed by atoms with Crippen LogP contribution in [0.5, 0.6) is 0 Å². The van der Waals surface area contributed by atoms with Gasteiger partial charge >= 0.3 is 11.9 Å². The molecule has 3 saturated carbocycles. The molecule has 4 rings (SSSR count). The lowest BCUT2D eigenvalue weighted by atomic mass is 9.46. The van der Waals surface area contributed by atoms with Gasteiger partial charge in [-0.15, -0.1) is 11.6 Å². The minimum Gasteiger partial charge on any atom is -0.457 e. The number of ether oxygens (including phenoxy) is 2. The number of halogens is 1. The Morgan fingerprint density at radius 1 is 1.17 bits per heavy atom. The fourth-order valence-corrected chi connectivity index (χ4v) is 8.54. The van der Waals surface area contributed by atoms with Crippen LogP contribution in [0.4, 0.5) is 0 Å². The van der Waals surface area contributed by atoms with Crippen LogP contribution in [0.15, 0.2) is 23.8 Å². The first-order valence-electron chi connectivity index (χ1n) is 13.0. The van der Waals surface area contributed by atoms with Crippen LogP contribution in [-0.2, 0) is 28.7 Å². The van der Waals surface area contributed by atoms with E-state index in [1.165, 1.54) is 0 Å². The third-order valence-electron chi connectivity index (χ3n) is 9.65. The Hall–Kier alpha value is -1.99. The number of esters is 2. The van der Waals surface area contributed by atoms with Crippen LogP contribution in [-0.4, -0.2) is 52.3 Å². The predicted molar refractivity (Wildman–Crippen MR) is 133 cm³/mol. The molecule has 0 aromatic carbocycles. The van der Waals surface area contributed by atoms with E-state index in [9.17, 15) is 24.3 Å². The van der Waals surface area contributed by atoms with Gasteiger partial charge in [-0.2, -0.15) is 0 Å². The van der Waals surface area contributed by atoms with Gasteiger partial charge in [0.2, 0.25) is 5.78 Å². The largest absolute Gasteiger partial charge is 0.457 e. The smallest absolute Gasteiger partial charge is 0.306 e. The topological polar surface area (TPSA) is 107 Å². The normalized spacial score (nSPS) is 43.1. The van der Waals surface area contributed by atoms with Gasteiger partial charge in [-0.25, -0.2) is 0 Å². The van der Waals surface area contributed by atoms with E-state index in [2.05, 4.69) is 0 Å². The summed E-state index contributed by atoms with van der Waals surface area (Å²) < 4.78 is 11.3. The van der Waals surface area contributed by atoms with Crippen molar-refractivity contribution in [3.8, 4) is 0 Å². The SMILES string of the molecule is CCC(=O)OCC(=O)[C@@]1(OC(=O)CC)[C@H](C)C[C@H]2[C@H]3C(C(O)C[C@@]21C)[C@@]1(C)C=CC(=O)C=C1C[C@H]3Cl. The highest BCUT2D eigenvalue weighted by Gasteiger charge is 2.73. The zero-order chi connectivity index (χ0) is 26.6. The number of allylic oxidation sites excluding steroid dienone is 4. The molecule has 3 fully saturated rings. The lowest BCUT2D eigenvalue weighted by Crippen LogP contribution is -2.65. The lowest BCUT2D eigenvalue weighted by Gasteiger charge is -2.61. The predicted octanol–water partition coefficient (Wildman–Crippen LogP) is 3.94. The number of Topliss-reactive ketones (excluding diaryl/α,β-unsaturated/α-hetero) is 1. The van der Waals surface area contributed by atoms with Crippen molar-refractivity contribution in [1.29, 1.82) is 0 Å². The molecule has 0 aromatic heterocycles. The second-order valence-electron chi connectivity index (χ2n) is 11.4. The summed E-state index contributed by atoms with van der Waals surface area (Å²) in [6, 6.07) is 0. The number of aliphatic hydroxyl groups is 1. The maximum absolute atomic E-state index is 13.9. The molecule has 8 heteroatoms. The van der Waals surface area contributed by atoms with Crippen molar-refractivity contribution in [2.45, 2.75) is 83.8 Å². The van der Waals surface area contributed by atoms with Crippen LogP contribution in [0.3, 0.4) is 0 Å².